The number of nitrogens with one attached hydrogen (secondary N) is 2. The Morgan fingerprint density at radius 2 is 2.24 bits per heavy atom. The fourth-order valence-corrected chi connectivity index (χ4v) is 5.16. The monoisotopic (exact) mass is 403 g/mol. The molecular weight excluding hydrogens is 378 g/mol. The number of hydrogen-bond acceptors (Lipinski definition) is 5. The fraction of sp³-hybridized carbons (Fsp3) is 0.647. The molecule has 2 saturated heterocycles. The second-order valence-electron chi connectivity index (χ2n) is 6.47. The molecule has 2 amide bonds. The van der Waals surface area contributed by atoms with Gasteiger partial charge in [0.25, 0.3) is 5.91 Å². The number of piperidine rings is 1. The maximum atomic E-state index is 12.8. The molecule has 0 aliphatic carbocycles. The Bertz CT molecular complexity index is 590. The molecule has 2 fully saturated rings. The first-order valence-corrected chi connectivity index (χ1v) is 10.7. The fourth-order valence-electron chi connectivity index (χ4n) is 3.45. The summed E-state index contributed by atoms with van der Waals surface area (Å²) < 4.78 is 0. The van der Waals surface area contributed by atoms with E-state index in [2.05, 4.69) is 10.6 Å². The van der Waals surface area contributed by atoms with Crippen molar-refractivity contribution in [1.82, 2.24) is 15.5 Å². The maximum Gasteiger partial charge on any atom is 0.265 e. The van der Waals surface area contributed by atoms with Crippen molar-refractivity contribution in [2.24, 2.45) is 5.92 Å². The number of thiophene rings is 1. The molecule has 2 N–H and O–H groups in total. The van der Waals surface area contributed by atoms with Crippen LogP contribution in [0.3, 0.4) is 0 Å². The molecule has 2 aliphatic heterocycles. The van der Waals surface area contributed by atoms with Crippen LogP contribution in [-0.4, -0.2) is 55.2 Å². The van der Waals surface area contributed by atoms with Gasteiger partial charge in [-0.1, -0.05) is 0 Å². The van der Waals surface area contributed by atoms with Crippen molar-refractivity contribution in [2.75, 3.05) is 32.4 Å². The van der Waals surface area contributed by atoms with Gasteiger partial charge >= 0.3 is 0 Å². The van der Waals surface area contributed by atoms with Gasteiger partial charge in [-0.15, -0.1) is 35.5 Å². The van der Waals surface area contributed by atoms with Crippen molar-refractivity contribution in [3.63, 3.8) is 0 Å². The van der Waals surface area contributed by atoms with Crippen LogP contribution in [0.15, 0.2) is 16.3 Å². The van der Waals surface area contributed by atoms with Crippen molar-refractivity contribution in [1.29, 1.82) is 0 Å². The predicted molar refractivity (Wildman–Crippen MR) is 106 cm³/mol. The highest BCUT2D eigenvalue weighted by Crippen LogP contribution is 2.28. The van der Waals surface area contributed by atoms with Gasteiger partial charge in [-0.2, -0.15) is 0 Å². The first-order chi connectivity index (χ1) is 11.7. The predicted octanol–water partition coefficient (Wildman–Crippen LogP) is 2.61. The van der Waals surface area contributed by atoms with Crippen LogP contribution in [0.5, 0.6) is 0 Å². The van der Waals surface area contributed by atoms with Crippen LogP contribution in [0.1, 0.15) is 35.4 Å². The van der Waals surface area contributed by atoms with Crippen molar-refractivity contribution in [3.8, 4) is 0 Å². The standard InChI is InChI=1S/C17H25N3O2S2.ClH/c1-23-14-6-9-24-15(14)17(22)20-8-3-4-12(11-20)10-19-16(21)13-5-2-7-18-13;/h6,9,12-13,18H,2-5,7-8,10-11H2,1H3,(H,19,21);1H. The number of carbonyl (C=O) groups excluding carboxylic acids is 2. The Hall–Kier alpha value is -0.760. The number of hydrogen-bond donors (Lipinski definition) is 2. The Morgan fingerprint density at radius 3 is 2.96 bits per heavy atom. The Balaban J connectivity index is 0.00000225. The lowest BCUT2D eigenvalue weighted by Crippen LogP contribution is -2.46. The minimum absolute atomic E-state index is 0. The van der Waals surface area contributed by atoms with Crippen molar-refractivity contribution in [2.45, 2.75) is 36.6 Å². The van der Waals surface area contributed by atoms with Gasteiger partial charge in [-0.05, 0) is 55.8 Å². The number of likely N-dealkylation sites (tertiary alicyclic amines) is 1. The average Bonchev–Trinajstić information content (AvgIpc) is 3.30. The summed E-state index contributed by atoms with van der Waals surface area (Å²) >= 11 is 3.14. The number of nitrogens with zero attached hydrogens (tertiary/aromatic N) is 1. The van der Waals surface area contributed by atoms with Gasteiger partial charge < -0.3 is 15.5 Å². The number of amides is 2. The van der Waals surface area contributed by atoms with Gasteiger partial charge in [0.2, 0.25) is 5.91 Å². The van der Waals surface area contributed by atoms with E-state index in [1.807, 2.05) is 22.6 Å². The van der Waals surface area contributed by atoms with Gasteiger partial charge in [0.05, 0.1) is 6.04 Å². The summed E-state index contributed by atoms with van der Waals surface area (Å²) in [4.78, 5) is 28.7. The SMILES string of the molecule is CSc1ccsc1C(=O)N1CCCC(CNC(=O)C2CCCN2)C1.Cl. The topological polar surface area (TPSA) is 61.4 Å². The van der Waals surface area contributed by atoms with E-state index in [1.165, 1.54) is 11.3 Å². The highest BCUT2D eigenvalue weighted by Gasteiger charge is 2.28. The van der Waals surface area contributed by atoms with E-state index in [4.69, 9.17) is 0 Å². The van der Waals surface area contributed by atoms with Crippen molar-refractivity contribution >= 4 is 47.3 Å². The zero-order valence-electron chi connectivity index (χ0n) is 14.5. The molecule has 8 heteroatoms. The van der Waals surface area contributed by atoms with Gasteiger partial charge in [0, 0.05) is 24.5 Å². The molecule has 3 rings (SSSR count). The molecule has 0 radical (unpaired) electrons. The summed E-state index contributed by atoms with van der Waals surface area (Å²) in [5.41, 5.74) is 0. The molecule has 2 aliphatic rings. The van der Waals surface area contributed by atoms with E-state index < -0.39 is 0 Å². The summed E-state index contributed by atoms with van der Waals surface area (Å²) in [6.45, 7) is 3.16. The molecule has 0 bridgehead atoms. The molecule has 0 spiro atoms. The maximum absolute atomic E-state index is 12.8. The Labute approximate surface area is 163 Å². The average molecular weight is 404 g/mol. The Morgan fingerprint density at radius 1 is 1.40 bits per heavy atom. The van der Waals surface area contributed by atoms with Crippen molar-refractivity contribution < 1.29 is 9.59 Å². The van der Waals surface area contributed by atoms with E-state index in [9.17, 15) is 9.59 Å². The van der Waals surface area contributed by atoms with Crippen LogP contribution in [0.4, 0.5) is 0 Å². The molecular formula is C17H26ClN3O2S2. The molecule has 140 valence electrons. The highest BCUT2D eigenvalue weighted by atomic mass is 35.5. The Kier molecular flexibility index (Phi) is 8.06. The molecule has 0 aromatic carbocycles. The van der Waals surface area contributed by atoms with Crippen LogP contribution < -0.4 is 10.6 Å². The summed E-state index contributed by atoms with van der Waals surface area (Å²) in [6, 6.07) is 1.99. The molecule has 5 nitrogen and oxygen atoms in total. The lowest BCUT2D eigenvalue weighted by molar-refractivity contribution is -0.123. The highest BCUT2D eigenvalue weighted by molar-refractivity contribution is 7.98. The van der Waals surface area contributed by atoms with E-state index in [-0.39, 0.29) is 30.3 Å². The summed E-state index contributed by atoms with van der Waals surface area (Å²) in [7, 11) is 0. The minimum atomic E-state index is -0.0263. The minimum Gasteiger partial charge on any atom is -0.354 e. The van der Waals surface area contributed by atoms with Gasteiger partial charge in [-0.25, -0.2) is 0 Å². The first-order valence-electron chi connectivity index (χ1n) is 8.61. The zero-order chi connectivity index (χ0) is 16.9. The zero-order valence-corrected chi connectivity index (χ0v) is 16.9. The smallest absolute Gasteiger partial charge is 0.265 e. The van der Waals surface area contributed by atoms with E-state index >= 15 is 0 Å². The summed E-state index contributed by atoms with van der Waals surface area (Å²) in [6.07, 6.45) is 6.08. The van der Waals surface area contributed by atoms with Gasteiger partial charge in [0.15, 0.2) is 0 Å². The van der Waals surface area contributed by atoms with Crippen LogP contribution in [0, 0.1) is 5.92 Å². The van der Waals surface area contributed by atoms with Gasteiger partial charge in [0.1, 0.15) is 4.88 Å². The molecule has 0 saturated carbocycles. The molecule has 1 aromatic heterocycles. The molecule has 1 aromatic rings. The molecule has 3 heterocycles. The number of halogens is 1. The van der Waals surface area contributed by atoms with Crippen LogP contribution in [0.25, 0.3) is 0 Å². The van der Waals surface area contributed by atoms with Crippen LogP contribution in [-0.2, 0) is 4.79 Å². The van der Waals surface area contributed by atoms with E-state index in [0.29, 0.717) is 12.5 Å². The lowest BCUT2D eigenvalue weighted by atomic mass is 9.97. The third kappa shape index (κ3) is 5.12. The molecule has 25 heavy (non-hydrogen) atoms. The second kappa shape index (κ2) is 9.80. The van der Waals surface area contributed by atoms with Gasteiger partial charge in [-0.3, -0.25) is 9.59 Å². The van der Waals surface area contributed by atoms with E-state index in [1.54, 1.807) is 11.8 Å². The molecule has 2 unspecified atom stereocenters. The van der Waals surface area contributed by atoms with Crippen molar-refractivity contribution in [3.05, 3.63) is 16.3 Å². The summed E-state index contributed by atoms with van der Waals surface area (Å²) in [5, 5.41) is 8.28. The quantitative estimate of drug-likeness (QED) is 0.742. The number of rotatable bonds is 5. The lowest BCUT2D eigenvalue weighted by Gasteiger charge is -2.33. The second-order valence-corrected chi connectivity index (χ2v) is 8.24. The third-order valence-electron chi connectivity index (χ3n) is 4.79. The molecule has 2 atom stereocenters. The number of carbonyl (C=O) groups is 2. The number of thioether (sulfide) groups is 1. The largest absolute Gasteiger partial charge is 0.354 e. The first kappa shape index (κ1) is 20.6. The van der Waals surface area contributed by atoms with Crippen LogP contribution >= 0.6 is 35.5 Å². The normalized spacial score (nSPS) is 23.2. The van der Waals surface area contributed by atoms with E-state index in [0.717, 1.165) is 55.1 Å². The van der Waals surface area contributed by atoms with Crippen LogP contribution in [0.2, 0.25) is 0 Å². The summed E-state index contributed by atoms with van der Waals surface area (Å²) in [5.74, 6) is 0.604. The third-order valence-corrected chi connectivity index (χ3v) is 6.60.